The normalized spacial score (nSPS) is 25.3. The number of hydrogen-bond donors (Lipinski definition) is 2. The second kappa shape index (κ2) is 8.13. The average Bonchev–Trinajstić information content (AvgIpc) is 2.73. The van der Waals surface area contributed by atoms with Gasteiger partial charge in [-0.2, -0.15) is 5.26 Å². The number of amides is 1. The summed E-state index contributed by atoms with van der Waals surface area (Å²) in [5, 5.41) is 16.7. The van der Waals surface area contributed by atoms with E-state index in [2.05, 4.69) is 33.5 Å². The molecule has 0 saturated carbocycles. The van der Waals surface area contributed by atoms with Crippen molar-refractivity contribution in [1.29, 1.82) is 5.26 Å². The molecule has 0 radical (unpaired) electrons. The number of benzene rings is 1. The summed E-state index contributed by atoms with van der Waals surface area (Å²) in [7, 11) is 0. The first-order chi connectivity index (χ1) is 13.7. The van der Waals surface area contributed by atoms with Crippen LogP contribution in [0.3, 0.4) is 0 Å². The number of rotatable bonds is 3. The number of fused-ring (bicyclic) bond motifs is 1. The minimum atomic E-state index is -0.417. The van der Waals surface area contributed by atoms with Crippen LogP contribution in [0.4, 0.5) is 5.69 Å². The first-order valence-corrected chi connectivity index (χ1v) is 9.81. The Kier molecular flexibility index (Phi) is 5.42. The van der Waals surface area contributed by atoms with Gasteiger partial charge in [0.05, 0.1) is 17.7 Å². The van der Waals surface area contributed by atoms with E-state index in [0.29, 0.717) is 24.6 Å². The molecular weight excluding hydrogens is 354 g/mol. The third-order valence-corrected chi connectivity index (χ3v) is 5.43. The molecule has 1 aromatic heterocycles. The molecule has 4 rings (SSSR count). The van der Waals surface area contributed by atoms with Gasteiger partial charge in [-0.1, -0.05) is 6.92 Å². The summed E-state index contributed by atoms with van der Waals surface area (Å²) in [6.07, 6.45) is 2.24. The SMILES string of the molecule is C[C@H]1C[C@@H](NC(=O)C2CNCCO2)CN(c2ccc(C#N)c3ncccc23)C1. The van der Waals surface area contributed by atoms with E-state index < -0.39 is 6.10 Å². The van der Waals surface area contributed by atoms with Crippen molar-refractivity contribution < 1.29 is 9.53 Å². The standard InChI is InChI=1S/C21H25N5O2/c1-14-9-16(25-21(27)19-11-23-7-8-28-19)13-26(12-14)18-5-4-15(10-22)20-17(18)3-2-6-24-20/h2-6,14,16,19,23H,7-9,11-13H2,1H3,(H,25,27)/t14-,16+,19?/m0/s1. The van der Waals surface area contributed by atoms with Crippen LogP contribution in [0.5, 0.6) is 0 Å². The van der Waals surface area contributed by atoms with E-state index in [9.17, 15) is 10.1 Å². The number of aromatic nitrogens is 1. The Hall–Kier alpha value is -2.69. The highest BCUT2D eigenvalue weighted by molar-refractivity contribution is 5.95. The van der Waals surface area contributed by atoms with Crippen molar-refractivity contribution in [1.82, 2.24) is 15.6 Å². The summed E-state index contributed by atoms with van der Waals surface area (Å²) >= 11 is 0. The number of nitriles is 1. The van der Waals surface area contributed by atoms with Gasteiger partial charge in [-0.25, -0.2) is 0 Å². The fraction of sp³-hybridized carbons (Fsp3) is 0.476. The predicted octanol–water partition coefficient (Wildman–Crippen LogP) is 1.43. The molecule has 28 heavy (non-hydrogen) atoms. The summed E-state index contributed by atoms with van der Waals surface area (Å²) in [6, 6.07) is 10.0. The average molecular weight is 379 g/mol. The fourth-order valence-electron chi connectivity index (χ4n) is 4.20. The lowest BCUT2D eigenvalue weighted by Crippen LogP contribution is -2.55. The number of hydrogen-bond acceptors (Lipinski definition) is 6. The third-order valence-electron chi connectivity index (χ3n) is 5.43. The van der Waals surface area contributed by atoms with Crippen LogP contribution in [0.15, 0.2) is 30.5 Å². The van der Waals surface area contributed by atoms with Crippen molar-refractivity contribution in [2.24, 2.45) is 5.92 Å². The smallest absolute Gasteiger partial charge is 0.250 e. The van der Waals surface area contributed by atoms with Crippen LogP contribution in [0.2, 0.25) is 0 Å². The van der Waals surface area contributed by atoms with Gasteiger partial charge in [0, 0.05) is 49.5 Å². The van der Waals surface area contributed by atoms with Crippen molar-refractivity contribution in [3.63, 3.8) is 0 Å². The summed E-state index contributed by atoms with van der Waals surface area (Å²) < 4.78 is 5.58. The number of piperidine rings is 1. The highest BCUT2D eigenvalue weighted by Gasteiger charge is 2.30. The lowest BCUT2D eigenvalue weighted by Gasteiger charge is -2.39. The van der Waals surface area contributed by atoms with Gasteiger partial charge in [0.2, 0.25) is 0 Å². The second-order valence-electron chi connectivity index (χ2n) is 7.66. The van der Waals surface area contributed by atoms with Crippen LogP contribution in [0.25, 0.3) is 10.9 Å². The van der Waals surface area contributed by atoms with E-state index in [1.165, 1.54) is 0 Å². The monoisotopic (exact) mass is 379 g/mol. The van der Waals surface area contributed by atoms with Gasteiger partial charge in [-0.15, -0.1) is 0 Å². The Balaban J connectivity index is 1.55. The molecule has 2 aliphatic heterocycles. The van der Waals surface area contributed by atoms with E-state index in [1.54, 1.807) is 6.20 Å². The molecule has 7 nitrogen and oxygen atoms in total. The van der Waals surface area contributed by atoms with Gasteiger partial charge in [-0.3, -0.25) is 9.78 Å². The molecule has 1 unspecified atom stereocenters. The lowest BCUT2D eigenvalue weighted by atomic mass is 9.94. The number of anilines is 1. The van der Waals surface area contributed by atoms with Crippen LogP contribution in [0, 0.1) is 17.2 Å². The molecule has 146 valence electrons. The molecular formula is C21H25N5O2. The maximum Gasteiger partial charge on any atom is 0.250 e. The fourth-order valence-corrected chi connectivity index (χ4v) is 4.20. The molecule has 2 N–H and O–H groups in total. The molecule has 2 aromatic rings. The molecule has 0 spiro atoms. The Labute approximate surface area is 164 Å². The van der Waals surface area contributed by atoms with Crippen molar-refractivity contribution in [2.45, 2.75) is 25.5 Å². The van der Waals surface area contributed by atoms with E-state index in [-0.39, 0.29) is 11.9 Å². The highest BCUT2D eigenvalue weighted by Crippen LogP contribution is 2.31. The second-order valence-corrected chi connectivity index (χ2v) is 7.66. The van der Waals surface area contributed by atoms with Crippen LogP contribution in [-0.4, -0.2) is 55.8 Å². The quantitative estimate of drug-likeness (QED) is 0.838. The van der Waals surface area contributed by atoms with Crippen molar-refractivity contribution in [3.05, 3.63) is 36.0 Å². The molecule has 2 saturated heterocycles. The molecule has 3 atom stereocenters. The van der Waals surface area contributed by atoms with Gasteiger partial charge in [0.25, 0.3) is 5.91 Å². The Morgan fingerprint density at radius 3 is 3.07 bits per heavy atom. The predicted molar refractivity (Wildman–Crippen MR) is 107 cm³/mol. The number of carbonyl (C=O) groups excluding carboxylic acids is 1. The summed E-state index contributed by atoms with van der Waals surface area (Å²) in [5.74, 6) is 0.393. The van der Waals surface area contributed by atoms with E-state index >= 15 is 0 Å². The minimum Gasteiger partial charge on any atom is -0.369 e. The minimum absolute atomic E-state index is 0.0439. The first-order valence-electron chi connectivity index (χ1n) is 9.81. The zero-order chi connectivity index (χ0) is 19.5. The Morgan fingerprint density at radius 2 is 2.29 bits per heavy atom. The van der Waals surface area contributed by atoms with Crippen LogP contribution in [-0.2, 0) is 9.53 Å². The largest absolute Gasteiger partial charge is 0.369 e. The van der Waals surface area contributed by atoms with Gasteiger partial charge in [-0.05, 0) is 36.6 Å². The van der Waals surface area contributed by atoms with E-state index in [1.807, 2.05) is 24.3 Å². The Morgan fingerprint density at radius 1 is 1.39 bits per heavy atom. The molecule has 0 aliphatic carbocycles. The molecule has 1 aromatic carbocycles. The number of pyridine rings is 1. The van der Waals surface area contributed by atoms with Gasteiger partial charge in [0.1, 0.15) is 12.2 Å². The number of nitrogens with one attached hydrogen (secondary N) is 2. The third kappa shape index (κ3) is 3.79. The molecule has 0 bridgehead atoms. The molecule has 3 heterocycles. The molecule has 2 aliphatic rings. The zero-order valence-electron chi connectivity index (χ0n) is 16.0. The number of morpholine rings is 1. The molecule has 7 heteroatoms. The number of ether oxygens (including phenoxy) is 1. The summed E-state index contributed by atoms with van der Waals surface area (Å²) in [6.45, 7) is 5.75. The summed E-state index contributed by atoms with van der Waals surface area (Å²) in [4.78, 5) is 19.3. The molecule has 2 fully saturated rings. The van der Waals surface area contributed by atoms with E-state index in [0.717, 1.165) is 42.6 Å². The number of nitrogens with zero attached hydrogens (tertiary/aromatic N) is 3. The number of carbonyl (C=O) groups is 1. The van der Waals surface area contributed by atoms with Crippen molar-refractivity contribution in [2.75, 3.05) is 37.7 Å². The van der Waals surface area contributed by atoms with Crippen LogP contribution < -0.4 is 15.5 Å². The van der Waals surface area contributed by atoms with Crippen molar-refractivity contribution >= 4 is 22.5 Å². The molecule has 1 amide bonds. The lowest BCUT2D eigenvalue weighted by molar-refractivity contribution is -0.135. The van der Waals surface area contributed by atoms with Crippen LogP contribution in [0.1, 0.15) is 18.9 Å². The topological polar surface area (TPSA) is 90.3 Å². The summed E-state index contributed by atoms with van der Waals surface area (Å²) in [5.41, 5.74) is 2.36. The van der Waals surface area contributed by atoms with Crippen molar-refractivity contribution in [3.8, 4) is 6.07 Å². The van der Waals surface area contributed by atoms with Crippen LogP contribution >= 0.6 is 0 Å². The Bertz CT molecular complexity index is 903. The van der Waals surface area contributed by atoms with E-state index in [4.69, 9.17) is 4.74 Å². The van der Waals surface area contributed by atoms with Gasteiger partial charge >= 0.3 is 0 Å². The maximum absolute atomic E-state index is 12.6. The maximum atomic E-state index is 12.6. The van der Waals surface area contributed by atoms with Gasteiger partial charge < -0.3 is 20.3 Å². The van der Waals surface area contributed by atoms with Gasteiger partial charge in [0.15, 0.2) is 0 Å². The first kappa shape index (κ1) is 18.7. The zero-order valence-corrected chi connectivity index (χ0v) is 16.0. The highest BCUT2D eigenvalue weighted by atomic mass is 16.5.